The van der Waals surface area contributed by atoms with Gasteiger partial charge in [-0.2, -0.15) is 5.26 Å². The zero-order chi connectivity index (χ0) is 22.0. The number of ether oxygens (including phenoxy) is 1. The lowest BCUT2D eigenvalue weighted by Crippen LogP contribution is -2.36. The molecule has 0 bridgehead atoms. The van der Waals surface area contributed by atoms with Crippen molar-refractivity contribution in [3.05, 3.63) is 64.2 Å². The quantitative estimate of drug-likeness (QED) is 0.637. The van der Waals surface area contributed by atoms with Gasteiger partial charge in [0, 0.05) is 25.7 Å². The summed E-state index contributed by atoms with van der Waals surface area (Å²) in [5.74, 6) is 0.605. The van der Waals surface area contributed by atoms with Crippen molar-refractivity contribution in [3.8, 4) is 34.2 Å². The number of anilines is 1. The van der Waals surface area contributed by atoms with Crippen LogP contribution >= 0.6 is 0 Å². The highest BCUT2D eigenvalue weighted by atomic mass is 19.1. The van der Waals surface area contributed by atoms with Gasteiger partial charge in [0.2, 0.25) is 5.95 Å². The fourth-order valence-corrected chi connectivity index (χ4v) is 3.95. The van der Waals surface area contributed by atoms with Crippen molar-refractivity contribution < 1.29 is 9.13 Å². The molecule has 0 unspecified atom stereocenters. The summed E-state index contributed by atoms with van der Waals surface area (Å²) in [4.78, 5) is 20.5. The fraction of sp³-hybridized carbons (Fsp3) is 0.292. The zero-order valence-electron chi connectivity index (χ0n) is 17.6. The maximum Gasteiger partial charge on any atom is 0.263 e. The number of piperidine rings is 1. The minimum atomic E-state index is -0.636. The van der Waals surface area contributed by atoms with Crippen LogP contribution in [0, 0.1) is 17.1 Å². The van der Waals surface area contributed by atoms with Gasteiger partial charge in [0.25, 0.3) is 5.56 Å². The molecule has 4 rings (SSSR count). The predicted octanol–water partition coefficient (Wildman–Crippen LogP) is 4.12. The standard InChI is InChI=1S/C24H23FN4O2/c1-28-23(30)21(16-8-10-19(31-2)11-9-16)22(17-6-7-18(15-26)20(25)14-17)27-24(28)29-12-4-3-5-13-29/h6-11,14H,3-5,12-13H2,1-2H3. The molecular weight excluding hydrogens is 395 g/mol. The molecule has 0 N–H and O–H groups in total. The maximum atomic E-state index is 14.4. The van der Waals surface area contributed by atoms with E-state index in [0.29, 0.717) is 34.1 Å². The molecule has 2 heterocycles. The van der Waals surface area contributed by atoms with Gasteiger partial charge in [-0.3, -0.25) is 9.36 Å². The molecule has 31 heavy (non-hydrogen) atoms. The Bertz CT molecular complexity index is 1210. The van der Waals surface area contributed by atoms with Crippen LogP contribution in [0.15, 0.2) is 47.3 Å². The topological polar surface area (TPSA) is 71.2 Å². The van der Waals surface area contributed by atoms with Crippen molar-refractivity contribution in [1.82, 2.24) is 9.55 Å². The highest BCUT2D eigenvalue weighted by Gasteiger charge is 2.23. The summed E-state index contributed by atoms with van der Waals surface area (Å²) in [5.41, 5.74) is 1.65. The second-order valence-electron chi connectivity index (χ2n) is 7.58. The molecule has 1 aromatic heterocycles. The first-order valence-corrected chi connectivity index (χ1v) is 10.2. The number of aromatic nitrogens is 2. The van der Waals surface area contributed by atoms with Crippen molar-refractivity contribution in [2.24, 2.45) is 7.05 Å². The van der Waals surface area contributed by atoms with Crippen LogP contribution in [0.2, 0.25) is 0 Å². The second-order valence-corrected chi connectivity index (χ2v) is 7.58. The van der Waals surface area contributed by atoms with Crippen LogP contribution in [-0.2, 0) is 7.05 Å². The van der Waals surface area contributed by atoms with Gasteiger partial charge < -0.3 is 9.64 Å². The Morgan fingerprint density at radius 1 is 1.06 bits per heavy atom. The first kappa shape index (κ1) is 20.6. The molecule has 1 fully saturated rings. The summed E-state index contributed by atoms with van der Waals surface area (Å²) >= 11 is 0. The average Bonchev–Trinajstić information content (AvgIpc) is 2.81. The molecule has 2 aromatic carbocycles. The molecule has 0 radical (unpaired) electrons. The molecule has 0 atom stereocenters. The van der Waals surface area contributed by atoms with Crippen molar-refractivity contribution in [3.63, 3.8) is 0 Å². The molecule has 1 aliphatic rings. The van der Waals surface area contributed by atoms with Crippen LogP contribution < -0.4 is 15.2 Å². The third-order valence-electron chi connectivity index (χ3n) is 5.65. The fourth-order valence-electron chi connectivity index (χ4n) is 3.95. The number of halogens is 1. The number of hydrogen-bond acceptors (Lipinski definition) is 5. The first-order chi connectivity index (χ1) is 15.0. The number of nitriles is 1. The SMILES string of the molecule is COc1ccc(-c2c(-c3ccc(C#N)c(F)c3)nc(N3CCCCC3)n(C)c2=O)cc1. The second kappa shape index (κ2) is 8.60. The Morgan fingerprint density at radius 2 is 1.74 bits per heavy atom. The third kappa shape index (κ3) is 3.89. The monoisotopic (exact) mass is 418 g/mol. The van der Waals surface area contributed by atoms with E-state index in [2.05, 4.69) is 4.90 Å². The Morgan fingerprint density at radius 3 is 2.35 bits per heavy atom. The molecular formula is C24H23FN4O2. The number of nitrogens with zero attached hydrogens (tertiary/aromatic N) is 4. The zero-order valence-corrected chi connectivity index (χ0v) is 17.6. The van der Waals surface area contributed by atoms with Crippen LogP contribution in [-0.4, -0.2) is 29.8 Å². The molecule has 7 heteroatoms. The predicted molar refractivity (Wildman–Crippen MR) is 118 cm³/mol. The lowest BCUT2D eigenvalue weighted by molar-refractivity contribution is 0.415. The molecule has 0 amide bonds. The van der Waals surface area contributed by atoms with Crippen molar-refractivity contribution >= 4 is 5.95 Å². The minimum absolute atomic E-state index is 0.0464. The van der Waals surface area contributed by atoms with Crippen LogP contribution in [0.1, 0.15) is 24.8 Å². The van der Waals surface area contributed by atoms with Gasteiger partial charge in [0.05, 0.1) is 23.9 Å². The van der Waals surface area contributed by atoms with E-state index in [0.717, 1.165) is 32.4 Å². The van der Waals surface area contributed by atoms with Gasteiger partial charge in [-0.25, -0.2) is 9.37 Å². The molecule has 0 aliphatic carbocycles. The molecule has 0 spiro atoms. The molecule has 1 saturated heterocycles. The number of methoxy groups -OCH3 is 1. The summed E-state index contributed by atoms with van der Waals surface area (Å²) in [5, 5.41) is 9.08. The number of hydrogen-bond donors (Lipinski definition) is 0. The minimum Gasteiger partial charge on any atom is -0.497 e. The van der Waals surface area contributed by atoms with Gasteiger partial charge in [0.15, 0.2) is 0 Å². The Kier molecular flexibility index (Phi) is 5.72. The molecule has 0 saturated carbocycles. The summed E-state index contributed by atoms with van der Waals surface area (Å²) < 4.78 is 21.2. The third-order valence-corrected chi connectivity index (χ3v) is 5.65. The van der Waals surface area contributed by atoms with E-state index in [1.54, 1.807) is 49.1 Å². The first-order valence-electron chi connectivity index (χ1n) is 10.2. The van der Waals surface area contributed by atoms with Gasteiger partial charge in [0.1, 0.15) is 17.6 Å². The molecule has 1 aliphatic heterocycles. The van der Waals surface area contributed by atoms with Crippen LogP contribution in [0.4, 0.5) is 10.3 Å². The normalized spacial score (nSPS) is 13.7. The van der Waals surface area contributed by atoms with E-state index >= 15 is 0 Å². The van der Waals surface area contributed by atoms with Crippen LogP contribution in [0.3, 0.4) is 0 Å². The highest BCUT2D eigenvalue weighted by Crippen LogP contribution is 2.32. The lowest BCUT2D eigenvalue weighted by Gasteiger charge is -2.29. The van der Waals surface area contributed by atoms with E-state index in [9.17, 15) is 9.18 Å². The van der Waals surface area contributed by atoms with Crippen molar-refractivity contribution in [2.45, 2.75) is 19.3 Å². The van der Waals surface area contributed by atoms with E-state index in [-0.39, 0.29) is 11.1 Å². The number of rotatable bonds is 4. The van der Waals surface area contributed by atoms with E-state index in [1.165, 1.54) is 12.1 Å². The molecule has 6 nitrogen and oxygen atoms in total. The van der Waals surface area contributed by atoms with Crippen LogP contribution in [0.25, 0.3) is 22.4 Å². The Balaban J connectivity index is 1.96. The summed E-state index contributed by atoms with van der Waals surface area (Å²) in [7, 11) is 3.30. The van der Waals surface area contributed by atoms with Gasteiger partial charge in [-0.15, -0.1) is 0 Å². The smallest absolute Gasteiger partial charge is 0.263 e. The number of benzene rings is 2. The van der Waals surface area contributed by atoms with E-state index < -0.39 is 5.82 Å². The van der Waals surface area contributed by atoms with Crippen molar-refractivity contribution in [2.75, 3.05) is 25.1 Å². The Hall–Kier alpha value is -3.66. The van der Waals surface area contributed by atoms with E-state index in [1.807, 2.05) is 6.07 Å². The maximum absolute atomic E-state index is 14.4. The van der Waals surface area contributed by atoms with Gasteiger partial charge >= 0.3 is 0 Å². The average molecular weight is 418 g/mol. The van der Waals surface area contributed by atoms with E-state index in [4.69, 9.17) is 15.0 Å². The lowest BCUT2D eigenvalue weighted by atomic mass is 9.99. The Labute approximate surface area is 180 Å². The highest BCUT2D eigenvalue weighted by molar-refractivity contribution is 5.81. The summed E-state index contributed by atoms with van der Waals surface area (Å²) in [6, 6.07) is 13.3. The molecule has 3 aromatic rings. The van der Waals surface area contributed by atoms with Gasteiger partial charge in [-0.05, 0) is 49.1 Å². The van der Waals surface area contributed by atoms with Crippen LogP contribution in [0.5, 0.6) is 5.75 Å². The van der Waals surface area contributed by atoms with Gasteiger partial charge in [-0.1, -0.05) is 18.2 Å². The van der Waals surface area contributed by atoms with Crippen molar-refractivity contribution in [1.29, 1.82) is 5.26 Å². The summed E-state index contributed by atoms with van der Waals surface area (Å²) in [6.45, 7) is 1.65. The largest absolute Gasteiger partial charge is 0.497 e. The molecule has 158 valence electrons. The summed E-state index contributed by atoms with van der Waals surface area (Å²) in [6.07, 6.45) is 3.23.